The van der Waals surface area contributed by atoms with E-state index in [1.165, 1.54) is 0 Å². The van der Waals surface area contributed by atoms with Gasteiger partial charge < -0.3 is 5.11 Å². The van der Waals surface area contributed by atoms with Gasteiger partial charge in [-0.25, -0.2) is 0 Å². The lowest BCUT2D eigenvalue weighted by molar-refractivity contribution is 0.165. The van der Waals surface area contributed by atoms with Crippen LogP contribution in [-0.4, -0.2) is 21.0 Å². The van der Waals surface area contributed by atoms with Crippen molar-refractivity contribution in [2.75, 3.05) is 0 Å². The van der Waals surface area contributed by atoms with Crippen molar-refractivity contribution in [3.8, 4) is 0 Å². The van der Waals surface area contributed by atoms with Gasteiger partial charge in [0.2, 0.25) is 0 Å². The lowest BCUT2D eigenvalue weighted by Crippen LogP contribution is -2.14. The highest BCUT2D eigenvalue weighted by Gasteiger charge is 2.15. The first-order chi connectivity index (χ1) is 5.52. The van der Waals surface area contributed by atoms with Crippen LogP contribution in [0.1, 0.15) is 31.2 Å². The van der Waals surface area contributed by atoms with E-state index in [4.69, 9.17) is 0 Å². The van der Waals surface area contributed by atoms with E-state index in [9.17, 15) is 5.11 Å². The van der Waals surface area contributed by atoms with Crippen LogP contribution in [0.2, 0.25) is 0 Å². The van der Waals surface area contributed by atoms with Gasteiger partial charge in [0, 0.05) is 18.7 Å². The molecule has 2 unspecified atom stereocenters. The quantitative estimate of drug-likeness (QED) is 0.721. The number of hydrogen-bond donors (Lipinski definition) is 1. The summed E-state index contributed by atoms with van der Waals surface area (Å²) in [5.41, 5.74) is 2.09. The van der Waals surface area contributed by atoms with Gasteiger partial charge in [0.25, 0.3) is 0 Å². The topological polar surface area (TPSA) is 38.0 Å². The van der Waals surface area contributed by atoms with Crippen LogP contribution >= 0.6 is 0 Å². The SMILES string of the molecule is Cc1cc(C(C)C(C)O)n(C)n1. The van der Waals surface area contributed by atoms with Gasteiger partial charge in [0.15, 0.2) is 0 Å². The Morgan fingerprint density at radius 1 is 1.50 bits per heavy atom. The zero-order valence-electron chi connectivity index (χ0n) is 8.07. The van der Waals surface area contributed by atoms with E-state index in [1.807, 2.05) is 31.6 Å². The second-order valence-electron chi connectivity index (χ2n) is 3.36. The molecule has 0 saturated carbocycles. The molecule has 0 fully saturated rings. The Morgan fingerprint density at radius 3 is 2.42 bits per heavy atom. The van der Waals surface area contributed by atoms with E-state index in [-0.39, 0.29) is 12.0 Å². The summed E-state index contributed by atoms with van der Waals surface area (Å²) in [5.74, 6) is 0.149. The summed E-state index contributed by atoms with van der Waals surface area (Å²) >= 11 is 0. The van der Waals surface area contributed by atoms with Crippen LogP contribution < -0.4 is 0 Å². The zero-order chi connectivity index (χ0) is 9.30. The molecule has 1 aromatic heterocycles. The molecule has 3 heteroatoms. The minimum absolute atomic E-state index is 0.149. The van der Waals surface area contributed by atoms with E-state index >= 15 is 0 Å². The molecule has 2 atom stereocenters. The van der Waals surface area contributed by atoms with Gasteiger partial charge in [0.05, 0.1) is 11.8 Å². The van der Waals surface area contributed by atoms with Crippen LogP contribution in [0.15, 0.2) is 6.07 Å². The fourth-order valence-corrected chi connectivity index (χ4v) is 1.30. The molecule has 68 valence electrons. The van der Waals surface area contributed by atoms with Crippen molar-refractivity contribution in [1.82, 2.24) is 9.78 Å². The fourth-order valence-electron chi connectivity index (χ4n) is 1.30. The summed E-state index contributed by atoms with van der Waals surface area (Å²) in [4.78, 5) is 0. The van der Waals surface area contributed by atoms with Crippen molar-refractivity contribution in [3.05, 3.63) is 17.5 Å². The third-order valence-electron chi connectivity index (χ3n) is 2.23. The van der Waals surface area contributed by atoms with E-state index in [0.29, 0.717) is 0 Å². The summed E-state index contributed by atoms with van der Waals surface area (Å²) in [7, 11) is 1.90. The molecule has 0 bridgehead atoms. The molecule has 0 radical (unpaired) electrons. The average molecular weight is 168 g/mol. The highest BCUT2D eigenvalue weighted by molar-refractivity contribution is 5.13. The number of aliphatic hydroxyl groups is 1. The molecule has 0 aliphatic rings. The number of nitrogens with zero attached hydrogens (tertiary/aromatic N) is 2. The fraction of sp³-hybridized carbons (Fsp3) is 0.667. The molecule has 0 aromatic carbocycles. The van der Waals surface area contributed by atoms with E-state index in [0.717, 1.165) is 11.4 Å². The molecule has 0 aliphatic carbocycles. The van der Waals surface area contributed by atoms with Crippen LogP contribution in [0, 0.1) is 6.92 Å². The first kappa shape index (κ1) is 9.26. The largest absolute Gasteiger partial charge is 0.393 e. The predicted molar refractivity (Wildman–Crippen MR) is 48.0 cm³/mol. The normalized spacial score (nSPS) is 16.1. The molecular weight excluding hydrogens is 152 g/mol. The minimum atomic E-state index is -0.320. The first-order valence-electron chi connectivity index (χ1n) is 4.21. The van der Waals surface area contributed by atoms with Gasteiger partial charge in [-0.05, 0) is 19.9 Å². The molecule has 0 saturated heterocycles. The zero-order valence-corrected chi connectivity index (χ0v) is 8.07. The number of aromatic nitrogens is 2. The van der Waals surface area contributed by atoms with Crippen molar-refractivity contribution >= 4 is 0 Å². The molecule has 0 spiro atoms. The summed E-state index contributed by atoms with van der Waals surface area (Å²) in [6, 6.07) is 2.01. The van der Waals surface area contributed by atoms with Crippen molar-refractivity contribution in [2.24, 2.45) is 7.05 Å². The lowest BCUT2D eigenvalue weighted by Gasteiger charge is -2.14. The van der Waals surface area contributed by atoms with Gasteiger partial charge >= 0.3 is 0 Å². The number of aliphatic hydroxyl groups excluding tert-OH is 1. The van der Waals surface area contributed by atoms with Crippen LogP contribution in [-0.2, 0) is 7.05 Å². The molecule has 1 N–H and O–H groups in total. The Labute approximate surface area is 73.0 Å². The Bertz CT molecular complexity index is 265. The van der Waals surface area contributed by atoms with E-state index in [2.05, 4.69) is 5.10 Å². The van der Waals surface area contributed by atoms with Crippen LogP contribution in [0.25, 0.3) is 0 Å². The molecule has 3 nitrogen and oxygen atoms in total. The highest BCUT2D eigenvalue weighted by Crippen LogP contribution is 2.18. The summed E-state index contributed by atoms with van der Waals surface area (Å²) < 4.78 is 1.83. The molecule has 0 amide bonds. The molecule has 0 aliphatic heterocycles. The first-order valence-corrected chi connectivity index (χ1v) is 4.21. The number of rotatable bonds is 2. The van der Waals surface area contributed by atoms with Crippen LogP contribution in [0.4, 0.5) is 0 Å². The van der Waals surface area contributed by atoms with Gasteiger partial charge in [-0.3, -0.25) is 4.68 Å². The Hall–Kier alpha value is -0.830. The van der Waals surface area contributed by atoms with Gasteiger partial charge in [-0.15, -0.1) is 0 Å². The average Bonchev–Trinajstić information content (AvgIpc) is 2.28. The minimum Gasteiger partial charge on any atom is -0.393 e. The van der Waals surface area contributed by atoms with Crippen LogP contribution in [0.3, 0.4) is 0 Å². The smallest absolute Gasteiger partial charge is 0.0596 e. The molecule has 1 rings (SSSR count). The van der Waals surface area contributed by atoms with Crippen molar-refractivity contribution in [3.63, 3.8) is 0 Å². The van der Waals surface area contributed by atoms with Crippen LogP contribution in [0.5, 0.6) is 0 Å². The summed E-state index contributed by atoms with van der Waals surface area (Å²) in [5, 5.41) is 13.6. The summed E-state index contributed by atoms with van der Waals surface area (Å²) in [6.45, 7) is 5.76. The number of aryl methyl sites for hydroxylation is 2. The van der Waals surface area contributed by atoms with Crippen molar-refractivity contribution in [2.45, 2.75) is 32.8 Å². The Balaban J connectivity index is 2.94. The third kappa shape index (κ3) is 1.67. The van der Waals surface area contributed by atoms with E-state index < -0.39 is 0 Å². The monoisotopic (exact) mass is 168 g/mol. The maximum atomic E-state index is 9.37. The second-order valence-corrected chi connectivity index (χ2v) is 3.36. The maximum absolute atomic E-state index is 9.37. The molecule has 1 heterocycles. The van der Waals surface area contributed by atoms with Gasteiger partial charge in [-0.1, -0.05) is 6.92 Å². The highest BCUT2D eigenvalue weighted by atomic mass is 16.3. The standard InChI is InChI=1S/C9H16N2O/c1-6-5-9(11(4)10-6)7(2)8(3)12/h5,7-8,12H,1-4H3. The second kappa shape index (κ2) is 3.27. The van der Waals surface area contributed by atoms with Crippen molar-refractivity contribution < 1.29 is 5.11 Å². The van der Waals surface area contributed by atoms with E-state index in [1.54, 1.807) is 6.92 Å². The molecule has 12 heavy (non-hydrogen) atoms. The maximum Gasteiger partial charge on any atom is 0.0596 e. The Kier molecular flexibility index (Phi) is 2.52. The predicted octanol–water partition coefficient (Wildman–Crippen LogP) is 1.21. The number of hydrogen-bond acceptors (Lipinski definition) is 2. The molecular formula is C9H16N2O. The van der Waals surface area contributed by atoms with Gasteiger partial charge in [-0.2, -0.15) is 5.10 Å². The lowest BCUT2D eigenvalue weighted by atomic mass is 10.0. The van der Waals surface area contributed by atoms with Crippen molar-refractivity contribution in [1.29, 1.82) is 0 Å². The third-order valence-corrected chi connectivity index (χ3v) is 2.23. The van der Waals surface area contributed by atoms with Gasteiger partial charge in [0.1, 0.15) is 0 Å². The summed E-state index contributed by atoms with van der Waals surface area (Å²) in [6.07, 6.45) is -0.320. The molecule has 1 aromatic rings. The Morgan fingerprint density at radius 2 is 2.08 bits per heavy atom.